The van der Waals surface area contributed by atoms with E-state index >= 15 is 0 Å². The Morgan fingerprint density at radius 1 is 1.39 bits per heavy atom. The molecule has 2 aromatic rings. The molecule has 18 heavy (non-hydrogen) atoms. The van der Waals surface area contributed by atoms with E-state index in [4.69, 9.17) is 0 Å². The van der Waals surface area contributed by atoms with Crippen LogP contribution in [0.4, 0.5) is 4.39 Å². The number of aliphatic hydroxyl groups excluding tert-OH is 1. The lowest BCUT2D eigenvalue weighted by Crippen LogP contribution is -2.02. The molecule has 0 aliphatic heterocycles. The summed E-state index contributed by atoms with van der Waals surface area (Å²) >= 11 is 4.79. The van der Waals surface area contributed by atoms with Crippen LogP contribution in [-0.2, 0) is 6.42 Å². The van der Waals surface area contributed by atoms with Gasteiger partial charge in [-0.3, -0.25) is 0 Å². The Morgan fingerprint density at radius 3 is 2.67 bits per heavy atom. The molecule has 96 valence electrons. The quantitative estimate of drug-likeness (QED) is 0.925. The molecule has 0 bridgehead atoms. The van der Waals surface area contributed by atoms with Crippen molar-refractivity contribution in [3.05, 3.63) is 49.6 Å². The van der Waals surface area contributed by atoms with Crippen molar-refractivity contribution in [2.45, 2.75) is 26.4 Å². The van der Waals surface area contributed by atoms with E-state index < -0.39 is 6.10 Å². The molecule has 1 aromatic carbocycles. The van der Waals surface area contributed by atoms with E-state index in [0.29, 0.717) is 16.5 Å². The van der Waals surface area contributed by atoms with Crippen LogP contribution in [0.5, 0.6) is 0 Å². The fraction of sp³-hybridized carbons (Fsp3) is 0.308. The molecule has 5 heteroatoms. The molecule has 0 saturated heterocycles. The van der Waals surface area contributed by atoms with E-state index in [2.05, 4.69) is 20.9 Å². The molecule has 0 radical (unpaired) electrons. The average molecular weight is 330 g/mol. The van der Waals surface area contributed by atoms with Gasteiger partial charge < -0.3 is 5.11 Å². The summed E-state index contributed by atoms with van der Waals surface area (Å²) in [5, 5.41) is 11.0. The highest BCUT2D eigenvalue weighted by Crippen LogP contribution is 2.25. The number of benzene rings is 1. The second-order valence-electron chi connectivity index (χ2n) is 4.17. The molecule has 1 aromatic heterocycles. The molecule has 2 rings (SSSR count). The van der Waals surface area contributed by atoms with Crippen LogP contribution < -0.4 is 0 Å². The Kier molecular flexibility index (Phi) is 4.14. The lowest BCUT2D eigenvalue weighted by molar-refractivity contribution is 0.178. The number of hydrogen-bond acceptors (Lipinski definition) is 3. The zero-order chi connectivity index (χ0) is 13.3. The van der Waals surface area contributed by atoms with Gasteiger partial charge in [-0.1, -0.05) is 15.9 Å². The van der Waals surface area contributed by atoms with Crippen molar-refractivity contribution in [3.63, 3.8) is 0 Å². The van der Waals surface area contributed by atoms with Crippen LogP contribution >= 0.6 is 27.3 Å². The molecular formula is C13H13BrFNOS. The predicted octanol–water partition coefficient (Wildman–Crippen LogP) is 3.94. The monoisotopic (exact) mass is 329 g/mol. The molecule has 0 saturated carbocycles. The number of aromatic nitrogens is 1. The Bertz CT molecular complexity index is 530. The largest absolute Gasteiger partial charge is 0.388 e. The zero-order valence-electron chi connectivity index (χ0n) is 10.1. The first-order valence-corrected chi connectivity index (χ1v) is 7.13. The first-order valence-electron chi connectivity index (χ1n) is 5.52. The molecule has 1 atom stereocenters. The number of aliphatic hydroxyl groups is 1. The molecule has 1 unspecified atom stereocenters. The Morgan fingerprint density at radius 2 is 2.11 bits per heavy atom. The van der Waals surface area contributed by atoms with Gasteiger partial charge in [0.25, 0.3) is 0 Å². The van der Waals surface area contributed by atoms with Crippen LogP contribution in [0, 0.1) is 19.7 Å². The standard InChI is InChI=1S/C13H13BrFNOS/c1-7-8(2)18-13(16-7)6-12(17)9-3-10(14)5-11(15)4-9/h3-5,12,17H,6H2,1-2H3. The van der Waals surface area contributed by atoms with Crippen molar-refractivity contribution < 1.29 is 9.50 Å². The van der Waals surface area contributed by atoms with Crippen LogP contribution in [0.1, 0.15) is 27.2 Å². The number of nitrogens with zero attached hydrogens (tertiary/aromatic N) is 1. The zero-order valence-corrected chi connectivity index (χ0v) is 12.5. The fourth-order valence-electron chi connectivity index (χ4n) is 1.68. The third-order valence-corrected chi connectivity index (χ3v) is 4.26. The first-order chi connectivity index (χ1) is 8.45. The summed E-state index contributed by atoms with van der Waals surface area (Å²) in [6, 6.07) is 4.44. The van der Waals surface area contributed by atoms with Gasteiger partial charge in [0.1, 0.15) is 5.82 Å². The highest BCUT2D eigenvalue weighted by atomic mass is 79.9. The number of halogens is 2. The minimum atomic E-state index is -0.734. The van der Waals surface area contributed by atoms with E-state index in [9.17, 15) is 9.50 Å². The van der Waals surface area contributed by atoms with Crippen LogP contribution in [0.3, 0.4) is 0 Å². The van der Waals surface area contributed by atoms with E-state index in [-0.39, 0.29) is 5.82 Å². The number of aryl methyl sites for hydroxylation is 2. The summed E-state index contributed by atoms with van der Waals surface area (Å²) in [5.41, 5.74) is 1.55. The van der Waals surface area contributed by atoms with Gasteiger partial charge in [-0.15, -0.1) is 11.3 Å². The van der Waals surface area contributed by atoms with E-state index in [1.807, 2.05) is 13.8 Å². The molecule has 0 amide bonds. The lowest BCUT2D eigenvalue weighted by Gasteiger charge is -2.09. The smallest absolute Gasteiger partial charge is 0.124 e. The number of rotatable bonds is 3. The molecule has 1 heterocycles. The second kappa shape index (κ2) is 5.47. The molecule has 1 N–H and O–H groups in total. The maximum Gasteiger partial charge on any atom is 0.124 e. The van der Waals surface area contributed by atoms with Gasteiger partial charge in [-0.05, 0) is 37.6 Å². The van der Waals surface area contributed by atoms with Crippen LogP contribution in [0.25, 0.3) is 0 Å². The van der Waals surface area contributed by atoms with Crippen LogP contribution in [0.2, 0.25) is 0 Å². The maximum atomic E-state index is 13.2. The minimum Gasteiger partial charge on any atom is -0.388 e. The van der Waals surface area contributed by atoms with Gasteiger partial charge in [-0.25, -0.2) is 9.37 Å². The molecule has 0 aliphatic carbocycles. The van der Waals surface area contributed by atoms with Gasteiger partial charge in [0, 0.05) is 15.8 Å². The summed E-state index contributed by atoms with van der Waals surface area (Å²) < 4.78 is 13.9. The summed E-state index contributed by atoms with van der Waals surface area (Å²) in [4.78, 5) is 5.52. The van der Waals surface area contributed by atoms with E-state index in [1.54, 1.807) is 17.4 Å². The fourth-order valence-corrected chi connectivity index (χ4v) is 3.13. The van der Waals surface area contributed by atoms with Crippen molar-refractivity contribution in [1.29, 1.82) is 0 Å². The van der Waals surface area contributed by atoms with Crippen molar-refractivity contribution in [1.82, 2.24) is 4.98 Å². The van der Waals surface area contributed by atoms with Crippen molar-refractivity contribution in [3.8, 4) is 0 Å². The molecule has 0 fully saturated rings. The van der Waals surface area contributed by atoms with Gasteiger partial charge >= 0.3 is 0 Å². The lowest BCUT2D eigenvalue weighted by atomic mass is 10.1. The summed E-state index contributed by atoms with van der Waals surface area (Å²) in [7, 11) is 0. The number of thiazole rings is 1. The SMILES string of the molecule is Cc1nc(CC(O)c2cc(F)cc(Br)c2)sc1C. The molecular weight excluding hydrogens is 317 g/mol. The van der Waals surface area contributed by atoms with Gasteiger partial charge in [-0.2, -0.15) is 0 Å². The van der Waals surface area contributed by atoms with Gasteiger partial charge in [0.15, 0.2) is 0 Å². The van der Waals surface area contributed by atoms with Crippen LogP contribution in [-0.4, -0.2) is 10.1 Å². The highest BCUT2D eigenvalue weighted by Gasteiger charge is 2.13. The van der Waals surface area contributed by atoms with Crippen molar-refractivity contribution in [2.24, 2.45) is 0 Å². The van der Waals surface area contributed by atoms with E-state index in [0.717, 1.165) is 15.6 Å². The second-order valence-corrected chi connectivity index (χ2v) is 6.38. The minimum absolute atomic E-state index is 0.357. The summed E-state index contributed by atoms with van der Waals surface area (Å²) in [6.07, 6.45) is -0.322. The van der Waals surface area contributed by atoms with Crippen LogP contribution in [0.15, 0.2) is 22.7 Å². The van der Waals surface area contributed by atoms with Gasteiger partial charge in [0.2, 0.25) is 0 Å². The first kappa shape index (κ1) is 13.6. The Labute approximate surface area is 118 Å². The predicted molar refractivity (Wildman–Crippen MR) is 74.4 cm³/mol. The normalized spacial score (nSPS) is 12.7. The Hall–Kier alpha value is -0.780. The highest BCUT2D eigenvalue weighted by molar-refractivity contribution is 9.10. The third kappa shape index (κ3) is 3.16. The van der Waals surface area contributed by atoms with Gasteiger partial charge in [0.05, 0.1) is 16.8 Å². The van der Waals surface area contributed by atoms with E-state index in [1.165, 1.54) is 12.1 Å². The maximum absolute atomic E-state index is 13.2. The molecule has 2 nitrogen and oxygen atoms in total. The van der Waals surface area contributed by atoms with Crippen molar-refractivity contribution >= 4 is 27.3 Å². The number of hydrogen-bond donors (Lipinski definition) is 1. The molecule has 0 spiro atoms. The topological polar surface area (TPSA) is 33.1 Å². The van der Waals surface area contributed by atoms with Crippen molar-refractivity contribution in [2.75, 3.05) is 0 Å². The average Bonchev–Trinajstić information content (AvgIpc) is 2.56. The summed E-state index contributed by atoms with van der Waals surface area (Å²) in [6.45, 7) is 3.95. The Balaban J connectivity index is 2.18. The molecule has 0 aliphatic rings. The summed E-state index contributed by atoms with van der Waals surface area (Å²) in [5.74, 6) is -0.357. The third-order valence-electron chi connectivity index (χ3n) is 2.71.